The number of amides is 1. The molecule has 34 heavy (non-hydrogen) atoms. The topological polar surface area (TPSA) is 89.1 Å². The maximum Gasteiger partial charge on any atom is 0.295 e. The molecule has 0 bridgehead atoms. The molecule has 0 saturated carbocycles. The minimum atomic E-state index is -0.857. The average Bonchev–Trinajstić information content (AvgIpc) is 3.48. The molecule has 0 aliphatic carbocycles. The van der Waals surface area contributed by atoms with Gasteiger partial charge in [-0.15, -0.1) is 4.80 Å². The summed E-state index contributed by atoms with van der Waals surface area (Å²) in [5.74, 6) is -2.68. The van der Waals surface area contributed by atoms with Crippen molar-refractivity contribution in [3.8, 4) is 5.69 Å². The van der Waals surface area contributed by atoms with Gasteiger partial charge in [-0.3, -0.25) is 4.79 Å². The van der Waals surface area contributed by atoms with Crippen molar-refractivity contribution in [2.45, 2.75) is 25.8 Å². The SMILES string of the molecule is CC1CCCN(C(=O)c2c(F)ccc(F)c2-n2nccn2)C1CNc1nc2cc(F)ccc2o1. The number of anilines is 1. The van der Waals surface area contributed by atoms with Crippen molar-refractivity contribution in [1.82, 2.24) is 24.9 Å². The van der Waals surface area contributed by atoms with Crippen molar-refractivity contribution in [1.29, 1.82) is 0 Å². The quantitative estimate of drug-likeness (QED) is 0.471. The number of aromatic nitrogens is 4. The molecule has 2 aromatic carbocycles. The molecule has 0 spiro atoms. The standard InChI is InChI=1S/C23H21F3N6O2/c1-13-3-2-10-31(18(13)12-27-23-30-17-11-14(24)4-7-19(17)34-23)22(33)20-15(25)5-6-16(26)21(20)32-28-8-9-29-32/h4-9,11,13,18H,2-3,10,12H2,1H3,(H,27,30). The minimum absolute atomic E-state index is 0.0647. The van der Waals surface area contributed by atoms with E-state index in [2.05, 4.69) is 20.5 Å². The number of nitrogens with one attached hydrogen (secondary N) is 1. The van der Waals surface area contributed by atoms with E-state index in [0.717, 1.165) is 29.8 Å². The van der Waals surface area contributed by atoms with E-state index in [1.54, 1.807) is 0 Å². The highest BCUT2D eigenvalue weighted by atomic mass is 19.1. The van der Waals surface area contributed by atoms with Crippen molar-refractivity contribution >= 4 is 23.0 Å². The highest BCUT2D eigenvalue weighted by molar-refractivity contribution is 5.98. The fraction of sp³-hybridized carbons (Fsp3) is 0.304. The van der Waals surface area contributed by atoms with Crippen LogP contribution in [-0.4, -0.2) is 49.9 Å². The largest absolute Gasteiger partial charge is 0.424 e. The first kappa shape index (κ1) is 21.9. The first-order valence-electron chi connectivity index (χ1n) is 10.9. The molecule has 1 fully saturated rings. The van der Waals surface area contributed by atoms with E-state index in [1.807, 2.05) is 6.92 Å². The predicted octanol–water partition coefficient (Wildman–Crippen LogP) is 4.18. The second kappa shape index (κ2) is 8.81. The molecule has 11 heteroatoms. The number of nitrogens with zero attached hydrogens (tertiary/aromatic N) is 5. The third-order valence-electron chi connectivity index (χ3n) is 6.10. The van der Waals surface area contributed by atoms with Crippen LogP contribution in [0.15, 0.2) is 47.1 Å². The molecule has 2 aromatic heterocycles. The van der Waals surface area contributed by atoms with Crippen molar-refractivity contribution in [2.75, 3.05) is 18.4 Å². The van der Waals surface area contributed by atoms with Crippen molar-refractivity contribution in [3.05, 3.63) is 65.7 Å². The first-order chi connectivity index (χ1) is 16.4. The highest BCUT2D eigenvalue weighted by Crippen LogP contribution is 2.29. The van der Waals surface area contributed by atoms with Gasteiger partial charge in [0.05, 0.1) is 18.4 Å². The number of halogens is 3. The summed E-state index contributed by atoms with van der Waals surface area (Å²) in [4.78, 5) is 20.3. The molecule has 8 nitrogen and oxygen atoms in total. The lowest BCUT2D eigenvalue weighted by molar-refractivity contribution is 0.0533. The van der Waals surface area contributed by atoms with Crippen LogP contribution in [0.5, 0.6) is 0 Å². The van der Waals surface area contributed by atoms with Crippen molar-refractivity contribution < 1.29 is 22.4 Å². The number of hydrogen-bond donors (Lipinski definition) is 1. The number of carbonyl (C=O) groups excluding carboxylic acids is 1. The van der Waals surface area contributed by atoms with Gasteiger partial charge >= 0.3 is 0 Å². The number of carbonyl (C=O) groups is 1. The van der Waals surface area contributed by atoms with Gasteiger partial charge in [0.2, 0.25) is 0 Å². The van der Waals surface area contributed by atoms with E-state index >= 15 is 0 Å². The van der Waals surface area contributed by atoms with Crippen molar-refractivity contribution in [3.63, 3.8) is 0 Å². The summed E-state index contributed by atoms with van der Waals surface area (Å²) in [6, 6.07) is 5.73. The Bertz CT molecular complexity index is 1340. The van der Waals surface area contributed by atoms with Crippen LogP contribution < -0.4 is 5.32 Å². The number of fused-ring (bicyclic) bond motifs is 1. The fourth-order valence-electron chi connectivity index (χ4n) is 4.40. The molecule has 1 saturated heterocycles. The molecule has 2 unspecified atom stereocenters. The van der Waals surface area contributed by atoms with E-state index in [-0.39, 0.29) is 30.2 Å². The third-order valence-corrected chi connectivity index (χ3v) is 6.10. The van der Waals surface area contributed by atoms with Crippen LogP contribution in [0.4, 0.5) is 19.2 Å². The summed E-state index contributed by atoms with van der Waals surface area (Å²) in [5, 5.41) is 10.8. The molecule has 2 atom stereocenters. The summed E-state index contributed by atoms with van der Waals surface area (Å²) in [6.07, 6.45) is 4.22. The van der Waals surface area contributed by atoms with Crippen LogP contribution in [0.2, 0.25) is 0 Å². The van der Waals surface area contributed by atoms with Crippen LogP contribution in [-0.2, 0) is 0 Å². The molecular formula is C23H21F3N6O2. The molecule has 3 heterocycles. The van der Waals surface area contributed by atoms with E-state index in [4.69, 9.17) is 4.42 Å². The minimum Gasteiger partial charge on any atom is -0.424 e. The third kappa shape index (κ3) is 3.97. The summed E-state index contributed by atoms with van der Waals surface area (Å²) in [6.45, 7) is 2.62. The predicted molar refractivity (Wildman–Crippen MR) is 117 cm³/mol. The Labute approximate surface area is 192 Å². The zero-order chi connectivity index (χ0) is 23.8. The van der Waals surface area contributed by atoms with Gasteiger partial charge in [-0.25, -0.2) is 13.2 Å². The average molecular weight is 470 g/mol. The molecule has 1 amide bonds. The van der Waals surface area contributed by atoms with Gasteiger partial charge in [-0.1, -0.05) is 6.92 Å². The normalized spacial score (nSPS) is 18.4. The van der Waals surface area contributed by atoms with E-state index in [0.29, 0.717) is 17.6 Å². The van der Waals surface area contributed by atoms with Gasteiger partial charge in [0.15, 0.2) is 11.4 Å². The Morgan fingerprint density at radius 3 is 2.71 bits per heavy atom. The summed E-state index contributed by atoms with van der Waals surface area (Å²) < 4.78 is 48.7. The Morgan fingerprint density at radius 2 is 1.91 bits per heavy atom. The maximum atomic E-state index is 14.9. The molecular weight excluding hydrogens is 449 g/mol. The van der Waals surface area contributed by atoms with E-state index in [9.17, 15) is 18.0 Å². The second-order valence-corrected chi connectivity index (χ2v) is 8.27. The zero-order valence-corrected chi connectivity index (χ0v) is 18.2. The number of benzene rings is 2. The molecule has 1 N–H and O–H groups in total. The van der Waals surface area contributed by atoms with E-state index < -0.39 is 28.9 Å². The first-order valence-corrected chi connectivity index (χ1v) is 10.9. The molecule has 5 rings (SSSR count). The highest BCUT2D eigenvalue weighted by Gasteiger charge is 2.36. The van der Waals surface area contributed by atoms with Crippen LogP contribution in [0, 0.1) is 23.4 Å². The van der Waals surface area contributed by atoms with E-state index in [1.165, 1.54) is 35.5 Å². The molecule has 1 aliphatic heterocycles. The van der Waals surface area contributed by atoms with Crippen LogP contribution >= 0.6 is 0 Å². The zero-order valence-electron chi connectivity index (χ0n) is 18.2. The monoisotopic (exact) mass is 470 g/mol. The summed E-state index contributed by atoms with van der Waals surface area (Å²) in [5.41, 5.74) is 0.0330. The van der Waals surface area contributed by atoms with Crippen molar-refractivity contribution in [2.24, 2.45) is 5.92 Å². The Morgan fingerprint density at radius 1 is 1.15 bits per heavy atom. The number of likely N-dealkylation sites (tertiary alicyclic amines) is 1. The number of rotatable bonds is 5. The van der Waals surface area contributed by atoms with Gasteiger partial charge < -0.3 is 14.6 Å². The van der Waals surface area contributed by atoms with Gasteiger partial charge in [-0.05, 0) is 43.0 Å². The number of hydrogen-bond acceptors (Lipinski definition) is 6. The lowest BCUT2D eigenvalue weighted by atomic mass is 9.90. The molecule has 0 radical (unpaired) electrons. The fourth-order valence-corrected chi connectivity index (χ4v) is 4.40. The molecule has 1 aliphatic rings. The summed E-state index contributed by atoms with van der Waals surface area (Å²) >= 11 is 0. The lowest BCUT2D eigenvalue weighted by Crippen LogP contribution is -2.51. The summed E-state index contributed by atoms with van der Waals surface area (Å²) in [7, 11) is 0. The molecule has 4 aromatic rings. The number of oxazole rings is 1. The molecule has 176 valence electrons. The lowest BCUT2D eigenvalue weighted by Gasteiger charge is -2.40. The Hall–Kier alpha value is -3.89. The second-order valence-electron chi connectivity index (χ2n) is 8.27. The van der Waals surface area contributed by atoms with Crippen LogP contribution in [0.1, 0.15) is 30.1 Å². The van der Waals surface area contributed by atoms with Gasteiger partial charge in [0.1, 0.15) is 28.4 Å². The number of piperidine rings is 1. The van der Waals surface area contributed by atoms with Crippen LogP contribution in [0.25, 0.3) is 16.8 Å². The van der Waals surface area contributed by atoms with Gasteiger partial charge in [0.25, 0.3) is 11.9 Å². The maximum absolute atomic E-state index is 14.9. The van der Waals surface area contributed by atoms with Gasteiger partial charge in [0, 0.05) is 19.2 Å². The van der Waals surface area contributed by atoms with Gasteiger partial charge in [-0.2, -0.15) is 15.2 Å². The van der Waals surface area contributed by atoms with Crippen LogP contribution in [0.3, 0.4) is 0 Å². The Balaban J connectivity index is 1.44. The smallest absolute Gasteiger partial charge is 0.295 e. The Kier molecular flexibility index (Phi) is 5.68.